The third-order valence-corrected chi connectivity index (χ3v) is 5.27. The van der Waals surface area contributed by atoms with E-state index >= 15 is 0 Å². The highest BCUT2D eigenvalue weighted by atomic mass is 32.2. The average molecular weight is 342 g/mol. The lowest BCUT2D eigenvalue weighted by Gasteiger charge is -2.18. The maximum Gasteiger partial charge on any atom is 0.313 e. The van der Waals surface area contributed by atoms with Crippen LogP contribution < -0.4 is 21.3 Å². The Hall–Kier alpha value is -1.68. The van der Waals surface area contributed by atoms with Gasteiger partial charge in [0.05, 0.1) is 6.61 Å². The Balaban J connectivity index is 1.92. The number of anilines is 1. The van der Waals surface area contributed by atoms with E-state index in [-0.39, 0.29) is 19.7 Å². The number of carbonyl (C=O) groups is 1. The Kier molecular flexibility index (Phi) is 5.94. The van der Waals surface area contributed by atoms with Crippen LogP contribution in [0.5, 0.6) is 0 Å². The number of nitrogen functional groups attached to an aromatic ring is 1. The summed E-state index contributed by atoms with van der Waals surface area (Å²) in [5, 5.41) is -1.05. The summed E-state index contributed by atoms with van der Waals surface area (Å²) in [6.45, 7) is 2.34. The van der Waals surface area contributed by atoms with Crippen molar-refractivity contribution in [2.24, 2.45) is 5.92 Å². The molecule has 1 aromatic rings. The van der Waals surface area contributed by atoms with Crippen LogP contribution in [0.1, 0.15) is 12.5 Å². The van der Waals surface area contributed by atoms with E-state index in [1.54, 1.807) is 19.1 Å². The number of esters is 1. The summed E-state index contributed by atoms with van der Waals surface area (Å²) in [5.74, 6) is -1.30. The molecule has 2 atom stereocenters. The minimum absolute atomic E-state index is 0.211. The maximum atomic E-state index is 12.4. The first-order valence-corrected chi connectivity index (χ1v) is 8.96. The predicted octanol–water partition coefficient (Wildman–Crippen LogP) is -0.656. The third kappa shape index (κ3) is 4.64. The largest absolute Gasteiger partial charge is 0.466 e. The van der Waals surface area contributed by atoms with Crippen LogP contribution in [-0.2, 0) is 26.0 Å². The van der Waals surface area contributed by atoms with Crippen LogP contribution in [-0.4, -0.2) is 39.5 Å². The van der Waals surface area contributed by atoms with Crippen molar-refractivity contribution in [1.82, 2.24) is 15.6 Å². The number of carbonyl (C=O) groups excluding carboxylic acids is 1. The number of benzene rings is 1. The zero-order valence-corrected chi connectivity index (χ0v) is 13.7. The van der Waals surface area contributed by atoms with Gasteiger partial charge in [-0.25, -0.2) is 18.6 Å². The highest BCUT2D eigenvalue weighted by Gasteiger charge is 2.42. The normalized spacial score (nSPS) is 21.3. The molecule has 1 aliphatic heterocycles. The first kappa shape index (κ1) is 17.7. The van der Waals surface area contributed by atoms with Crippen molar-refractivity contribution >= 4 is 21.7 Å². The SMILES string of the molecule is CCOC(=O)C1CNNC1S(=O)(=O)NCCc1ccc(N)cc1. The highest BCUT2D eigenvalue weighted by Crippen LogP contribution is 2.15. The van der Waals surface area contributed by atoms with Gasteiger partial charge in [0.15, 0.2) is 5.37 Å². The van der Waals surface area contributed by atoms with Crippen molar-refractivity contribution in [3.8, 4) is 0 Å². The topological polar surface area (TPSA) is 123 Å². The number of rotatable bonds is 7. The Morgan fingerprint density at radius 3 is 2.74 bits per heavy atom. The number of nitrogens with two attached hydrogens (primary N) is 1. The Labute approximate surface area is 135 Å². The van der Waals surface area contributed by atoms with Crippen molar-refractivity contribution in [3.63, 3.8) is 0 Å². The second kappa shape index (κ2) is 7.73. The van der Waals surface area contributed by atoms with E-state index in [2.05, 4.69) is 15.6 Å². The smallest absolute Gasteiger partial charge is 0.313 e. The summed E-state index contributed by atoms with van der Waals surface area (Å²) in [6.07, 6.45) is 0.531. The lowest BCUT2D eigenvalue weighted by atomic mass is 10.1. The fourth-order valence-corrected chi connectivity index (χ4v) is 3.78. The molecule has 2 unspecified atom stereocenters. The van der Waals surface area contributed by atoms with Crippen LogP contribution in [0.2, 0.25) is 0 Å². The van der Waals surface area contributed by atoms with E-state index in [0.29, 0.717) is 12.1 Å². The molecule has 1 heterocycles. The molecule has 2 rings (SSSR count). The van der Waals surface area contributed by atoms with E-state index in [4.69, 9.17) is 10.5 Å². The standard InChI is InChI=1S/C14H22N4O4S/c1-2-22-14(19)12-9-16-18-13(12)23(20,21)17-8-7-10-3-5-11(15)6-4-10/h3-6,12-13,16-18H,2,7-9,15H2,1H3. The molecule has 0 bridgehead atoms. The quantitative estimate of drug-likeness (QED) is 0.383. The fraction of sp³-hybridized carbons (Fsp3) is 0.500. The second-order valence-electron chi connectivity index (χ2n) is 5.24. The van der Waals surface area contributed by atoms with Gasteiger partial charge >= 0.3 is 5.97 Å². The van der Waals surface area contributed by atoms with Crippen LogP contribution >= 0.6 is 0 Å². The van der Waals surface area contributed by atoms with Crippen LogP contribution in [0.4, 0.5) is 5.69 Å². The van der Waals surface area contributed by atoms with E-state index in [1.165, 1.54) is 0 Å². The summed E-state index contributed by atoms with van der Waals surface area (Å²) in [6, 6.07) is 7.23. The zero-order valence-electron chi connectivity index (χ0n) is 12.9. The lowest BCUT2D eigenvalue weighted by molar-refractivity contribution is -0.147. The number of sulfonamides is 1. The predicted molar refractivity (Wildman–Crippen MR) is 86.5 cm³/mol. The molecule has 0 spiro atoms. The Bertz CT molecular complexity index is 633. The molecule has 128 valence electrons. The van der Waals surface area contributed by atoms with Crippen molar-refractivity contribution < 1.29 is 17.9 Å². The summed E-state index contributed by atoms with van der Waals surface area (Å²) < 4.78 is 32.1. The van der Waals surface area contributed by atoms with Gasteiger partial charge in [-0.3, -0.25) is 10.2 Å². The van der Waals surface area contributed by atoms with Crippen LogP contribution in [0.3, 0.4) is 0 Å². The van der Waals surface area contributed by atoms with E-state index in [9.17, 15) is 13.2 Å². The summed E-state index contributed by atoms with van der Waals surface area (Å²) >= 11 is 0. The first-order valence-electron chi connectivity index (χ1n) is 7.42. The van der Waals surface area contributed by atoms with E-state index in [0.717, 1.165) is 5.56 Å². The summed E-state index contributed by atoms with van der Waals surface area (Å²) in [7, 11) is -3.70. The Morgan fingerprint density at radius 2 is 2.09 bits per heavy atom. The minimum atomic E-state index is -3.70. The van der Waals surface area contributed by atoms with Crippen LogP contribution in [0.15, 0.2) is 24.3 Å². The van der Waals surface area contributed by atoms with Gasteiger partial charge in [-0.05, 0) is 31.0 Å². The van der Waals surface area contributed by atoms with Crippen molar-refractivity contribution in [3.05, 3.63) is 29.8 Å². The molecule has 0 aromatic heterocycles. The van der Waals surface area contributed by atoms with Gasteiger partial charge in [0, 0.05) is 18.8 Å². The Morgan fingerprint density at radius 1 is 1.39 bits per heavy atom. The fourth-order valence-electron chi connectivity index (χ4n) is 2.34. The minimum Gasteiger partial charge on any atom is -0.466 e. The molecule has 0 radical (unpaired) electrons. The summed E-state index contributed by atoms with van der Waals surface area (Å²) in [4.78, 5) is 11.8. The molecule has 0 saturated carbocycles. The highest BCUT2D eigenvalue weighted by molar-refractivity contribution is 7.90. The van der Waals surface area contributed by atoms with Gasteiger partial charge in [0.2, 0.25) is 10.0 Å². The average Bonchev–Trinajstić information content (AvgIpc) is 3.00. The maximum absolute atomic E-state index is 12.4. The number of hydrazine groups is 1. The van der Waals surface area contributed by atoms with Gasteiger partial charge in [0.25, 0.3) is 0 Å². The lowest BCUT2D eigenvalue weighted by Crippen LogP contribution is -2.47. The van der Waals surface area contributed by atoms with Gasteiger partial charge < -0.3 is 10.5 Å². The van der Waals surface area contributed by atoms with E-state index in [1.807, 2.05) is 12.1 Å². The molecule has 1 aliphatic rings. The molecular formula is C14H22N4O4S. The zero-order chi connectivity index (χ0) is 16.9. The van der Waals surface area contributed by atoms with E-state index < -0.39 is 27.3 Å². The molecule has 5 N–H and O–H groups in total. The summed E-state index contributed by atoms with van der Waals surface area (Å²) in [5.41, 5.74) is 12.6. The first-order chi connectivity index (χ1) is 10.9. The van der Waals surface area contributed by atoms with Gasteiger partial charge in [-0.1, -0.05) is 12.1 Å². The molecule has 23 heavy (non-hydrogen) atoms. The van der Waals surface area contributed by atoms with Gasteiger partial charge in [-0.2, -0.15) is 0 Å². The number of ether oxygens (including phenoxy) is 1. The van der Waals surface area contributed by atoms with Crippen LogP contribution in [0.25, 0.3) is 0 Å². The van der Waals surface area contributed by atoms with Gasteiger partial charge in [0.1, 0.15) is 5.92 Å². The second-order valence-corrected chi connectivity index (χ2v) is 7.12. The number of hydrogen-bond acceptors (Lipinski definition) is 7. The molecular weight excluding hydrogens is 320 g/mol. The van der Waals surface area contributed by atoms with Gasteiger partial charge in [-0.15, -0.1) is 0 Å². The number of nitrogens with one attached hydrogen (secondary N) is 3. The molecule has 9 heteroatoms. The molecule has 0 aliphatic carbocycles. The molecule has 0 amide bonds. The monoisotopic (exact) mass is 342 g/mol. The van der Waals surface area contributed by atoms with Crippen molar-refractivity contribution in [2.75, 3.05) is 25.4 Å². The van der Waals surface area contributed by atoms with Crippen molar-refractivity contribution in [2.45, 2.75) is 18.7 Å². The van der Waals surface area contributed by atoms with Crippen LogP contribution in [0, 0.1) is 5.92 Å². The third-order valence-electron chi connectivity index (χ3n) is 3.55. The molecule has 1 saturated heterocycles. The van der Waals surface area contributed by atoms with Crippen molar-refractivity contribution in [1.29, 1.82) is 0 Å². The number of hydrogen-bond donors (Lipinski definition) is 4. The molecule has 1 fully saturated rings. The molecule has 8 nitrogen and oxygen atoms in total. The molecule has 1 aromatic carbocycles.